The summed E-state index contributed by atoms with van der Waals surface area (Å²) in [5.74, 6) is 1.95. The zero-order valence-corrected chi connectivity index (χ0v) is 15.2. The highest BCUT2D eigenvalue weighted by molar-refractivity contribution is 6.04. The zero-order chi connectivity index (χ0) is 18.1. The molecule has 3 atom stereocenters. The van der Waals surface area contributed by atoms with E-state index in [-0.39, 0.29) is 18.2 Å². The number of allylic oxidation sites excluding steroid dienone is 2. The van der Waals surface area contributed by atoms with Crippen LogP contribution in [0.3, 0.4) is 0 Å². The van der Waals surface area contributed by atoms with Gasteiger partial charge >= 0.3 is 0 Å². The van der Waals surface area contributed by atoms with Crippen LogP contribution in [0.15, 0.2) is 36.4 Å². The first-order valence-corrected chi connectivity index (χ1v) is 9.59. The first-order chi connectivity index (χ1) is 12.6. The van der Waals surface area contributed by atoms with Crippen LogP contribution in [0.1, 0.15) is 32.6 Å². The molecule has 0 aromatic heterocycles. The fourth-order valence-corrected chi connectivity index (χ4v) is 4.85. The van der Waals surface area contributed by atoms with Crippen molar-refractivity contribution in [1.29, 1.82) is 0 Å². The number of nitrogens with one attached hydrogen (secondary N) is 2. The second kappa shape index (κ2) is 6.78. The van der Waals surface area contributed by atoms with Crippen LogP contribution < -0.4 is 15.4 Å². The summed E-state index contributed by atoms with van der Waals surface area (Å²) >= 11 is 0. The molecule has 2 bridgehead atoms. The van der Waals surface area contributed by atoms with Gasteiger partial charge in [0.25, 0.3) is 0 Å². The van der Waals surface area contributed by atoms with Gasteiger partial charge in [-0.1, -0.05) is 24.3 Å². The Morgan fingerprint density at radius 3 is 2.73 bits per heavy atom. The van der Waals surface area contributed by atoms with Crippen molar-refractivity contribution < 1.29 is 14.3 Å². The number of carbonyl (C=O) groups is 2. The maximum absolute atomic E-state index is 12.2. The van der Waals surface area contributed by atoms with Crippen LogP contribution in [0, 0.1) is 23.2 Å². The Morgan fingerprint density at radius 1 is 1.19 bits per heavy atom. The van der Waals surface area contributed by atoms with Gasteiger partial charge < -0.3 is 15.4 Å². The first kappa shape index (κ1) is 17.1. The largest absolute Gasteiger partial charge is 0.492 e. The summed E-state index contributed by atoms with van der Waals surface area (Å²) in [5, 5.41) is 5.73. The van der Waals surface area contributed by atoms with Crippen LogP contribution in [-0.2, 0) is 9.59 Å². The molecule has 5 nitrogen and oxygen atoms in total. The van der Waals surface area contributed by atoms with Crippen LogP contribution in [-0.4, -0.2) is 25.0 Å². The molecule has 0 heterocycles. The summed E-state index contributed by atoms with van der Waals surface area (Å²) < 4.78 is 5.49. The molecule has 2 N–H and O–H groups in total. The standard InChI is InChI=1S/C21H26N2O3/c1-2-26-18-6-4-3-5-17(18)23-20(25)12-19(24)22-13-14-11-15-7-8-16(14)21(15)9-10-21/h3-8,14-16H,2,9-13H2,1H3,(H,22,24)(H,23,25)/t14-,15-,16-/m0/s1. The Kier molecular flexibility index (Phi) is 4.47. The molecule has 0 radical (unpaired) electrons. The number of anilines is 1. The Balaban J connectivity index is 1.25. The van der Waals surface area contributed by atoms with Gasteiger partial charge in [-0.25, -0.2) is 0 Å². The molecule has 1 aromatic carbocycles. The van der Waals surface area contributed by atoms with E-state index in [1.54, 1.807) is 12.1 Å². The first-order valence-electron chi connectivity index (χ1n) is 9.59. The van der Waals surface area contributed by atoms with Gasteiger partial charge in [-0.15, -0.1) is 0 Å². The molecule has 1 spiro atoms. The number of amides is 2. The molecule has 5 heteroatoms. The topological polar surface area (TPSA) is 67.4 Å². The third kappa shape index (κ3) is 3.11. The van der Waals surface area contributed by atoms with Crippen molar-refractivity contribution in [3.05, 3.63) is 36.4 Å². The van der Waals surface area contributed by atoms with E-state index < -0.39 is 0 Å². The van der Waals surface area contributed by atoms with E-state index in [4.69, 9.17) is 4.74 Å². The zero-order valence-electron chi connectivity index (χ0n) is 15.2. The maximum Gasteiger partial charge on any atom is 0.233 e. The molecular formula is C21H26N2O3. The van der Waals surface area contributed by atoms with Crippen molar-refractivity contribution >= 4 is 17.5 Å². The Hall–Kier alpha value is -2.30. The molecule has 138 valence electrons. The van der Waals surface area contributed by atoms with Crippen molar-refractivity contribution in [2.75, 3.05) is 18.5 Å². The Labute approximate surface area is 154 Å². The number of benzene rings is 1. The minimum absolute atomic E-state index is 0.164. The molecule has 0 saturated heterocycles. The van der Waals surface area contributed by atoms with E-state index in [0.717, 1.165) is 0 Å². The van der Waals surface area contributed by atoms with E-state index in [2.05, 4.69) is 22.8 Å². The van der Waals surface area contributed by atoms with E-state index in [1.165, 1.54) is 19.3 Å². The van der Waals surface area contributed by atoms with Crippen LogP contribution in [0.4, 0.5) is 5.69 Å². The number of carbonyl (C=O) groups excluding carboxylic acids is 2. The molecule has 0 aliphatic heterocycles. The summed E-state index contributed by atoms with van der Waals surface area (Å²) in [4.78, 5) is 24.4. The SMILES string of the molecule is CCOc1ccccc1NC(=O)CC(=O)NC[C@@H]1C[C@@H]2C=C[C@@H]1C21CC1. The van der Waals surface area contributed by atoms with Crippen molar-refractivity contribution in [2.24, 2.45) is 23.2 Å². The van der Waals surface area contributed by atoms with Gasteiger partial charge in [0.05, 0.1) is 12.3 Å². The molecule has 4 rings (SSSR count). The average molecular weight is 354 g/mol. The van der Waals surface area contributed by atoms with Crippen LogP contribution in [0.5, 0.6) is 5.75 Å². The fourth-order valence-electron chi connectivity index (χ4n) is 4.85. The third-order valence-corrected chi connectivity index (χ3v) is 6.19. The molecule has 3 aliphatic rings. The second-order valence-corrected chi connectivity index (χ2v) is 7.70. The van der Waals surface area contributed by atoms with Gasteiger partial charge in [-0.05, 0) is 61.5 Å². The van der Waals surface area contributed by atoms with E-state index in [0.29, 0.717) is 47.8 Å². The molecule has 2 amide bonds. The molecule has 2 fully saturated rings. The third-order valence-electron chi connectivity index (χ3n) is 6.19. The lowest BCUT2D eigenvalue weighted by molar-refractivity contribution is -0.126. The van der Waals surface area contributed by atoms with E-state index >= 15 is 0 Å². The minimum atomic E-state index is -0.318. The normalized spacial score (nSPS) is 26.7. The predicted octanol–water partition coefficient (Wildman–Crippen LogP) is 3.13. The lowest BCUT2D eigenvalue weighted by atomic mass is 9.89. The Bertz CT molecular complexity index is 739. The van der Waals surface area contributed by atoms with Crippen LogP contribution >= 0.6 is 0 Å². The van der Waals surface area contributed by atoms with E-state index in [1.807, 2.05) is 19.1 Å². The van der Waals surface area contributed by atoms with Crippen molar-refractivity contribution in [2.45, 2.75) is 32.6 Å². The molecule has 2 saturated carbocycles. The van der Waals surface area contributed by atoms with Gasteiger partial charge in [0.15, 0.2) is 0 Å². The van der Waals surface area contributed by atoms with Crippen molar-refractivity contribution in [3.63, 3.8) is 0 Å². The number of para-hydroxylation sites is 2. The fraction of sp³-hybridized carbons (Fsp3) is 0.524. The number of hydrogen-bond donors (Lipinski definition) is 2. The average Bonchev–Trinajstić information content (AvgIpc) is 3.29. The smallest absolute Gasteiger partial charge is 0.233 e. The van der Waals surface area contributed by atoms with Crippen molar-refractivity contribution in [3.8, 4) is 5.75 Å². The molecule has 26 heavy (non-hydrogen) atoms. The molecule has 3 aliphatic carbocycles. The van der Waals surface area contributed by atoms with Gasteiger partial charge in [-0.3, -0.25) is 9.59 Å². The second-order valence-electron chi connectivity index (χ2n) is 7.70. The summed E-state index contributed by atoms with van der Waals surface area (Å²) in [6, 6.07) is 7.26. The highest BCUT2D eigenvalue weighted by Gasteiger charge is 2.62. The lowest BCUT2D eigenvalue weighted by Gasteiger charge is -2.20. The highest BCUT2D eigenvalue weighted by Crippen LogP contribution is 2.69. The van der Waals surface area contributed by atoms with Crippen LogP contribution in [0.2, 0.25) is 0 Å². The highest BCUT2D eigenvalue weighted by atomic mass is 16.5. The van der Waals surface area contributed by atoms with Gasteiger partial charge in [0.2, 0.25) is 11.8 Å². The summed E-state index contributed by atoms with van der Waals surface area (Å²) in [6.45, 7) is 3.09. The summed E-state index contributed by atoms with van der Waals surface area (Å²) in [6.07, 6.45) is 8.41. The quantitative estimate of drug-likeness (QED) is 0.584. The van der Waals surface area contributed by atoms with Gasteiger partial charge in [0.1, 0.15) is 12.2 Å². The summed E-state index contributed by atoms with van der Waals surface area (Å²) in [5.41, 5.74) is 1.14. The predicted molar refractivity (Wildman–Crippen MR) is 99.8 cm³/mol. The summed E-state index contributed by atoms with van der Waals surface area (Å²) in [7, 11) is 0. The number of hydrogen-bond acceptors (Lipinski definition) is 3. The maximum atomic E-state index is 12.2. The monoisotopic (exact) mass is 354 g/mol. The van der Waals surface area contributed by atoms with Gasteiger partial charge in [-0.2, -0.15) is 0 Å². The Morgan fingerprint density at radius 2 is 2.00 bits per heavy atom. The molecular weight excluding hydrogens is 328 g/mol. The molecule has 1 aromatic rings. The minimum Gasteiger partial charge on any atom is -0.492 e. The van der Waals surface area contributed by atoms with E-state index in [9.17, 15) is 9.59 Å². The van der Waals surface area contributed by atoms with Crippen molar-refractivity contribution in [1.82, 2.24) is 5.32 Å². The van der Waals surface area contributed by atoms with Gasteiger partial charge in [0, 0.05) is 6.54 Å². The lowest BCUT2D eigenvalue weighted by Crippen LogP contribution is -2.33. The number of ether oxygens (including phenoxy) is 1. The molecule has 0 unspecified atom stereocenters. The number of rotatable bonds is 7. The van der Waals surface area contributed by atoms with Crippen LogP contribution in [0.25, 0.3) is 0 Å².